The summed E-state index contributed by atoms with van der Waals surface area (Å²) in [6.07, 6.45) is 0. The number of rotatable bonds is 5. The van der Waals surface area contributed by atoms with Crippen LogP contribution in [0.4, 0.5) is 9.59 Å². The molecule has 2 rings (SSSR count). The van der Waals surface area contributed by atoms with Crippen molar-refractivity contribution in [3.05, 3.63) is 28.2 Å². The van der Waals surface area contributed by atoms with Gasteiger partial charge in [-0.2, -0.15) is 0 Å². The molecule has 9 N–H and O–H groups in total. The number of carbonyl (C=O) groups is 4. The highest BCUT2D eigenvalue weighted by Gasteiger charge is 2.55. The van der Waals surface area contributed by atoms with Crippen LogP contribution >= 0.6 is 10.0 Å². The minimum Gasteiger partial charge on any atom is -0.490 e. The second-order valence-electron chi connectivity index (χ2n) is 4.99. The van der Waals surface area contributed by atoms with E-state index in [0.717, 1.165) is 6.07 Å². The van der Waals surface area contributed by atoms with Crippen LogP contribution in [0.25, 0.3) is 5.70 Å². The molecular weight excluding hydrogens is 370 g/mol. The van der Waals surface area contributed by atoms with Gasteiger partial charge in [-0.25, -0.2) is 9.59 Å². The van der Waals surface area contributed by atoms with Gasteiger partial charge >= 0.3 is 11.9 Å². The van der Waals surface area contributed by atoms with Gasteiger partial charge in [-0.1, -0.05) is 0 Å². The predicted molar refractivity (Wildman–Crippen MR) is 89.7 cm³/mol. The monoisotopic (exact) mass is 385 g/mol. The third-order valence-corrected chi connectivity index (χ3v) is 6.87. The quantitative estimate of drug-likeness (QED) is 0.395. The first kappa shape index (κ1) is 19.1. The van der Waals surface area contributed by atoms with Crippen LogP contribution in [-0.2, 0) is 4.79 Å². The largest absolute Gasteiger partial charge is 0.490 e. The minimum atomic E-state index is -3.96. The third-order valence-electron chi connectivity index (χ3n) is 3.62. The van der Waals surface area contributed by atoms with Crippen LogP contribution in [0.2, 0.25) is 0 Å². The van der Waals surface area contributed by atoms with Crippen LogP contribution in [0.5, 0.6) is 5.75 Å². The van der Waals surface area contributed by atoms with Gasteiger partial charge in [0.05, 0.1) is 23.4 Å². The van der Waals surface area contributed by atoms with Crippen LogP contribution in [0.15, 0.2) is 21.9 Å². The lowest BCUT2D eigenvalue weighted by Crippen LogP contribution is -2.33. The molecule has 1 aromatic rings. The zero-order chi connectivity index (χ0) is 19.8. The van der Waals surface area contributed by atoms with Gasteiger partial charge < -0.3 is 37.3 Å². The van der Waals surface area contributed by atoms with Crippen LogP contribution in [0.1, 0.15) is 15.9 Å². The van der Waals surface area contributed by atoms with Crippen molar-refractivity contribution in [3.8, 4) is 5.75 Å². The maximum atomic E-state index is 12.2. The molecule has 140 valence electrons. The van der Waals surface area contributed by atoms with Gasteiger partial charge in [-0.05, 0) is 22.2 Å². The Hall–Kier alpha value is -3.25. The summed E-state index contributed by atoms with van der Waals surface area (Å²) >= 11 is 0. The fourth-order valence-corrected chi connectivity index (χ4v) is 5.61. The molecule has 1 aromatic carbocycles. The number of nitrogens with two attached hydrogens (primary N) is 3. The second kappa shape index (κ2) is 6.57. The summed E-state index contributed by atoms with van der Waals surface area (Å²) < 4.78 is 5.24. The molecule has 0 aromatic heterocycles. The highest BCUT2D eigenvalue weighted by atomic mass is 32.3. The number of amides is 2. The molecule has 1 heterocycles. The second-order valence-corrected chi connectivity index (χ2v) is 7.84. The summed E-state index contributed by atoms with van der Waals surface area (Å²) in [5, 5.41) is 25.1. The van der Waals surface area contributed by atoms with E-state index in [9.17, 15) is 29.4 Å². The number of aliphatic carboxylic acids is 1. The van der Waals surface area contributed by atoms with Crippen molar-refractivity contribution in [1.82, 2.24) is 0 Å². The Bertz CT molecular complexity index is 865. The Balaban J connectivity index is 3.05. The van der Waals surface area contributed by atoms with Gasteiger partial charge in [-0.3, -0.25) is 9.59 Å². The fraction of sp³-hybridized carbons (Fsp3) is 0.143. The maximum Gasteiger partial charge on any atom is 0.344 e. The van der Waals surface area contributed by atoms with Crippen molar-refractivity contribution in [2.45, 2.75) is 4.90 Å². The number of hydrogen-bond donors (Lipinski definition) is 6. The molecule has 0 atom stereocenters. The van der Waals surface area contributed by atoms with Crippen molar-refractivity contribution in [3.63, 3.8) is 0 Å². The first-order valence-electron chi connectivity index (χ1n) is 6.92. The summed E-state index contributed by atoms with van der Waals surface area (Å²) in [7, 11) is -3.96. The molecule has 0 bridgehead atoms. The van der Waals surface area contributed by atoms with Crippen molar-refractivity contribution in [1.29, 1.82) is 0 Å². The Labute approximate surface area is 147 Å². The van der Waals surface area contributed by atoms with E-state index in [1.54, 1.807) is 0 Å². The number of hydrogen-bond acceptors (Lipinski definition) is 7. The summed E-state index contributed by atoms with van der Waals surface area (Å²) in [5.74, 6) is -3.41. The average Bonchev–Trinajstić information content (AvgIpc) is 2.83. The average molecular weight is 385 g/mol. The van der Waals surface area contributed by atoms with Gasteiger partial charge in [0.2, 0.25) is 0 Å². The minimum absolute atomic E-state index is 0.118. The van der Waals surface area contributed by atoms with Gasteiger partial charge in [0.15, 0.2) is 0 Å². The van der Waals surface area contributed by atoms with Crippen LogP contribution in [0, 0.1) is 0 Å². The smallest absolute Gasteiger partial charge is 0.344 e. The van der Waals surface area contributed by atoms with E-state index in [1.165, 1.54) is 6.07 Å². The van der Waals surface area contributed by atoms with E-state index in [-0.39, 0.29) is 17.9 Å². The number of carboxylic acids is 2. The predicted octanol–water partition coefficient (Wildman–Crippen LogP) is -0.198. The number of carboxylic acid groups (broad SMARTS) is 2. The first-order chi connectivity index (χ1) is 12.1. The van der Waals surface area contributed by atoms with E-state index in [0.29, 0.717) is 0 Å². The van der Waals surface area contributed by atoms with E-state index >= 15 is 0 Å². The summed E-state index contributed by atoms with van der Waals surface area (Å²) in [6.45, 7) is -0.640. The van der Waals surface area contributed by atoms with Crippen molar-refractivity contribution < 1.29 is 39.2 Å². The van der Waals surface area contributed by atoms with Crippen molar-refractivity contribution in [2.24, 2.45) is 17.2 Å². The Morgan fingerprint density at radius 3 is 2.04 bits per heavy atom. The molecule has 0 fully saturated rings. The zero-order valence-electron chi connectivity index (χ0n) is 13.1. The zero-order valence-corrected chi connectivity index (χ0v) is 13.9. The highest BCUT2D eigenvalue weighted by molar-refractivity contribution is 8.58. The normalized spacial score (nSPS) is 15.9. The molecule has 2 amide bonds. The number of primary amides is 2. The molecule has 11 nitrogen and oxygen atoms in total. The first-order valence-corrected chi connectivity index (χ1v) is 8.55. The van der Waals surface area contributed by atoms with Crippen LogP contribution in [0.3, 0.4) is 0 Å². The van der Waals surface area contributed by atoms with Gasteiger partial charge in [0.1, 0.15) is 17.3 Å². The third kappa shape index (κ3) is 2.43. The highest BCUT2D eigenvalue weighted by Crippen LogP contribution is 2.71. The molecule has 0 saturated heterocycles. The van der Waals surface area contributed by atoms with E-state index in [2.05, 4.69) is 0 Å². The van der Waals surface area contributed by atoms with Gasteiger partial charge in [0, 0.05) is 4.90 Å². The number of carbonyl (C=O) groups excluding carboxylic acids is 2. The molecule has 1 aliphatic rings. The number of aliphatic hydroxyl groups excluding tert-OH is 1. The number of ether oxygens (including phenoxy) is 1. The van der Waals surface area contributed by atoms with E-state index < -0.39 is 60.1 Å². The molecule has 1 aliphatic heterocycles. The number of fused-ring (bicyclic) bond motifs is 1. The topological polar surface area (TPSA) is 216 Å². The standard InChI is InChI=1S/C14H15N3O8S/c15-8-7-6(25-4-3-18)2-1-5(11(19)20)9(7)26(13(16)23,14(17)24)10(8)12(21)22/h1-2,18H,3-4,15H2,(H2,16,23)(H2,17,24)(H,19,20)(H,21,22). The lowest BCUT2D eigenvalue weighted by Gasteiger charge is -2.31. The lowest BCUT2D eigenvalue weighted by molar-refractivity contribution is -0.131. The number of aromatic carboxylic acids is 1. The Kier molecular flexibility index (Phi) is 4.82. The summed E-state index contributed by atoms with van der Waals surface area (Å²) in [5.41, 5.74) is 15.2. The van der Waals surface area contributed by atoms with Crippen LogP contribution in [-0.4, -0.2) is 51.0 Å². The molecule has 0 spiro atoms. The van der Waals surface area contributed by atoms with Crippen molar-refractivity contribution in [2.75, 3.05) is 13.2 Å². The maximum absolute atomic E-state index is 12.2. The summed E-state index contributed by atoms with van der Waals surface area (Å²) in [6, 6.07) is 2.18. The number of aliphatic hydroxyl groups is 1. The lowest BCUT2D eigenvalue weighted by atomic mass is 10.1. The molecular formula is C14H15N3O8S. The fourth-order valence-electron chi connectivity index (χ4n) is 2.71. The molecule has 12 heteroatoms. The summed E-state index contributed by atoms with van der Waals surface area (Å²) in [4.78, 5) is 46.5. The van der Waals surface area contributed by atoms with Gasteiger partial charge in [0.25, 0.3) is 10.5 Å². The van der Waals surface area contributed by atoms with Gasteiger partial charge in [-0.15, -0.1) is 0 Å². The van der Waals surface area contributed by atoms with E-state index in [4.69, 9.17) is 27.0 Å². The Morgan fingerprint density at radius 2 is 1.62 bits per heavy atom. The molecule has 26 heavy (non-hydrogen) atoms. The Morgan fingerprint density at radius 1 is 1.04 bits per heavy atom. The number of benzene rings is 1. The van der Waals surface area contributed by atoms with E-state index in [1.807, 2.05) is 0 Å². The molecule has 0 aliphatic carbocycles. The SMILES string of the molecule is NC(=O)S1(C(N)=O)C(C(=O)O)=C(N)c2c(OCCO)ccc(C(=O)O)c21. The molecule has 0 radical (unpaired) electrons. The molecule has 0 saturated carbocycles. The molecule has 0 unspecified atom stereocenters. The van der Waals surface area contributed by atoms with Crippen LogP contribution < -0.4 is 21.9 Å². The van der Waals surface area contributed by atoms with Crippen molar-refractivity contribution >= 4 is 38.1 Å².